The minimum absolute atomic E-state index is 0.214. The SMILES string of the molecule is CCC=C(C)C(=O)N(CCC)CC1CCCCN1. The largest absolute Gasteiger partial charge is 0.337 e. The highest BCUT2D eigenvalue weighted by atomic mass is 16.2. The number of carbonyl (C=O) groups excluding carboxylic acids is 1. The summed E-state index contributed by atoms with van der Waals surface area (Å²) in [5.41, 5.74) is 0.891. The van der Waals surface area contributed by atoms with E-state index in [-0.39, 0.29) is 5.91 Å². The van der Waals surface area contributed by atoms with Crippen LogP contribution in [0.25, 0.3) is 0 Å². The van der Waals surface area contributed by atoms with Gasteiger partial charge in [0.25, 0.3) is 0 Å². The lowest BCUT2D eigenvalue weighted by molar-refractivity contribution is -0.127. The highest BCUT2D eigenvalue weighted by molar-refractivity contribution is 5.92. The third-order valence-corrected chi connectivity index (χ3v) is 3.48. The quantitative estimate of drug-likeness (QED) is 0.737. The van der Waals surface area contributed by atoms with Gasteiger partial charge in [0.2, 0.25) is 5.91 Å². The first-order chi connectivity index (χ1) is 8.69. The zero-order valence-corrected chi connectivity index (χ0v) is 12.2. The van der Waals surface area contributed by atoms with E-state index in [1.165, 1.54) is 19.3 Å². The van der Waals surface area contributed by atoms with Crippen LogP contribution in [0, 0.1) is 0 Å². The van der Waals surface area contributed by atoms with Crippen LogP contribution >= 0.6 is 0 Å². The van der Waals surface area contributed by atoms with Crippen molar-refractivity contribution in [3.63, 3.8) is 0 Å². The van der Waals surface area contributed by atoms with Crippen LogP contribution in [-0.2, 0) is 4.79 Å². The van der Waals surface area contributed by atoms with Gasteiger partial charge in [0.15, 0.2) is 0 Å². The minimum Gasteiger partial charge on any atom is -0.337 e. The molecule has 0 aromatic carbocycles. The molecule has 1 fully saturated rings. The predicted molar refractivity (Wildman–Crippen MR) is 76.6 cm³/mol. The molecule has 1 amide bonds. The van der Waals surface area contributed by atoms with Crippen molar-refractivity contribution in [1.82, 2.24) is 10.2 Å². The van der Waals surface area contributed by atoms with Gasteiger partial charge in [0.05, 0.1) is 0 Å². The van der Waals surface area contributed by atoms with Gasteiger partial charge in [-0.1, -0.05) is 26.3 Å². The number of rotatable bonds is 6. The van der Waals surface area contributed by atoms with Crippen molar-refractivity contribution in [1.29, 1.82) is 0 Å². The highest BCUT2D eigenvalue weighted by Gasteiger charge is 2.20. The number of allylic oxidation sites excluding steroid dienone is 1. The summed E-state index contributed by atoms with van der Waals surface area (Å²) in [6, 6.07) is 0.490. The second-order valence-electron chi connectivity index (χ2n) is 5.19. The molecule has 18 heavy (non-hydrogen) atoms. The number of carbonyl (C=O) groups is 1. The lowest BCUT2D eigenvalue weighted by Gasteiger charge is -2.30. The van der Waals surface area contributed by atoms with E-state index in [0.717, 1.165) is 38.0 Å². The molecule has 3 nitrogen and oxygen atoms in total. The molecule has 0 saturated carbocycles. The molecule has 1 unspecified atom stereocenters. The van der Waals surface area contributed by atoms with Crippen molar-refractivity contribution in [2.24, 2.45) is 0 Å². The van der Waals surface area contributed by atoms with Gasteiger partial charge in [-0.15, -0.1) is 0 Å². The second kappa shape index (κ2) is 8.30. The molecule has 0 radical (unpaired) electrons. The summed E-state index contributed by atoms with van der Waals surface area (Å²) in [5.74, 6) is 0.214. The Kier molecular flexibility index (Phi) is 7.02. The molecule has 0 aromatic heterocycles. The van der Waals surface area contributed by atoms with E-state index in [1.807, 2.05) is 17.9 Å². The monoisotopic (exact) mass is 252 g/mol. The van der Waals surface area contributed by atoms with Crippen LogP contribution in [0.15, 0.2) is 11.6 Å². The summed E-state index contributed by atoms with van der Waals surface area (Å²) >= 11 is 0. The molecular formula is C15H28N2O. The van der Waals surface area contributed by atoms with Crippen LogP contribution in [0.1, 0.15) is 52.9 Å². The first kappa shape index (κ1) is 15.2. The van der Waals surface area contributed by atoms with Crippen molar-refractivity contribution >= 4 is 5.91 Å². The molecule has 0 bridgehead atoms. The van der Waals surface area contributed by atoms with E-state index in [9.17, 15) is 4.79 Å². The van der Waals surface area contributed by atoms with Crippen molar-refractivity contribution in [2.75, 3.05) is 19.6 Å². The van der Waals surface area contributed by atoms with Crippen molar-refractivity contribution in [3.05, 3.63) is 11.6 Å². The number of piperidine rings is 1. The van der Waals surface area contributed by atoms with Gasteiger partial charge < -0.3 is 10.2 Å². The first-order valence-corrected chi connectivity index (χ1v) is 7.38. The Bertz CT molecular complexity index is 280. The number of hydrogen-bond acceptors (Lipinski definition) is 2. The number of amides is 1. The lowest BCUT2D eigenvalue weighted by atomic mass is 10.0. The molecule has 0 spiro atoms. The van der Waals surface area contributed by atoms with Gasteiger partial charge in [-0.25, -0.2) is 0 Å². The van der Waals surface area contributed by atoms with E-state index in [0.29, 0.717) is 6.04 Å². The average Bonchev–Trinajstić information content (AvgIpc) is 2.39. The summed E-state index contributed by atoms with van der Waals surface area (Å²) < 4.78 is 0. The summed E-state index contributed by atoms with van der Waals surface area (Å²) in [6.45, 7) is 8.97. The first-order valence-electron chi connectivity index (χ1n) is 7.38. The fraction of sp³-hybridized carbons (Fsp3) is 0.800. The van der Waals surface area contributed by atoms with Gasteiger partial charge in [-0.3, -0.25) is 4.79 Å². The normalized spacial score (nSPS) is 20.8. The smallest absolute Gasteiger partial charge is 0.249 e. The molecule has 1 saturated heterocycles. The van der Waals surface area contributed by atoms with Crippen molar-refractivity contribution in [2.45, 2.75) is 58.9 Å². The molecule has 1 atom stereocenters. The van der Waals surface area contributed by atoms with Crippen molar-refractivity contribution in [3.8, 4) is 0 Å². The van der Waals surface area contributed by atoms with E-state index in [1.54, 1.807) is 0 Å². The Morgan fingerprint density at radius 3 is 2.72 bits per heavy atom. The maximum atomic E-state index is 12.3. The van der Waals surface area contributed by atoms with E-state index >= 15 is 0 Å². The summed E-state index contributed by atoms with van der Waals surface area (Å²) in [7, 11) is 0. The number of nitrogens with zero attached hydrogens (tertiary/aromatic N) is 1. The molecule has 104 valence electrons. The number of nitrogens with one attached hydrogen (secondary N) is 1. The van der Waals surface area contributed by atoms with E-state index in [2.05, 4.69) is 19.2 Å². The Morgan fingerprint density at radius 2 is 2.17 bits per heavy atom. The van der Waals surface area contributed by atoms with E-state index in [4.69, 9.17) is 0 Å². The van der Waals surface area contributed by atoms with Gasteiger partial charge in [-0.2, -0.15) is 0 Å². The summed E-state index contributed by atoms with van der Waals surface area (Å²) in [6.07, 6.45) is 7.74. The Labute approximate surface area is 112 Å². The van der Waals surface area contributed by atoms with E-state index < -0.39 is 0 Å². The highest BCUT2D eigenvalue weighted by Crippen LogP contribution is 2.11. The Morgan fingerprint density at radius 1 is 1.39 bits per heavy atom. The fourth-order valence-electron chi connectivity index (χ4n) is 2.53. The second-order valence-corrected chi connectivity index (χ2v) is 5.19. The van der Waals surface area contributed by atoms with Crippen LogP contribution in [0.2, 0.25) is 0 Å². The molecule has 1 N–H and O–H groups in total. The minimum atomic E-state index is 0.214. The zero-order valence-electron chi connectivity index (χ0n) is 12.2. The molecule has 1 rings (SSSR count). The van der Waals surface area contributed by atoms with Crippen LogP contribution in [0.3, 0.4) is 0 Å². The molecule has 1 aliphatic rings. The molecule has 3 heteroatoms. The lowest BCUT2D eigenvalue weighted by Crippen LogP contribution is -2.46. The summed E-state index contributed by atoms with van der Waals surface area (Å²) in [4.78, 5) is 14.3. The Hall–Kier alpha value is -0.830. The average molecular weight is 252 g/mol. The van der Waals surface area contributed by atoms with Gasteiger partial charge >= 0.3 is 0 Å². The molecule has 1 heterocycles. The summed E-state index contributed by atoms with van der Waals surface area (Å²) in [5, 5.41) is 3.52. The standard InChI is InChI=1S/C15H28N2O/c1-4-8-13(3)15(18)17(11-5-2)12-14-9-6-7-10-16-14/h8,14,16H,4-7,9-12H2,1-3H3. The van der Waals surface area contributed by atoms with Crippen LogP contribution in [-0.4, -0.2) is 36.5 Å². The topological polar surface area (TPSA) is 32.3 Å². The van der Waals surface area contributed by atoms with Crippen LogP contribution < -0.4 is 5.32 Å². The molecular weight excluding hydrogens is 224 g/mol. The fourth-order valence-corrected chi connectivity index (χ4v) is 2.53. The molecule has 0 aliphatic carbocycles. The van der Waals surface area contributed by atoms with Gasteiger partial charge in [0.1, 0.15) is 0 Å². The zero-order chi connectivity index (χ0) is 13.4. The van der Waals surface area contributed by atoms with Crippen molar-refractivity contribution < 1.29 is 4.79 Å². The predicted octanol–water partition coefficient (Wildman–Crippen LogP) is 2.72. The Balaban J connectivity index is 2.57. The maximum Gasteiger partial charge on any atom is 0.249 e. The van der Waals surface area contributed by atoms with Crippen LogP contribution in [0.5, 0.6) is 0 Å². The number of hydrogen-bond donors (Lipinski definition) is 1. The third kappa shape index (κ3) is 4.81. The molecule has 1 aliphatic heterocycles. The third-order valence-electron chi connectivity index (χ3n) is 3.48. The molecule has 0 aromatic rings. The van der Waals surface area contributed by atoms with Gasteiger partial charge in [0, 0.05) is 24.7 Å². The van der Waals surface area contributed by atoms with Gasteiger partial charge in [-0.05, 0) is 39.2 Å². The van der Waals surface area contributed by atoms with Crippen LogP contribution in [0.4, 0.5) is 0 Å². The maximum absolute atomic E-state index is 12.3.